The Bertz CT molecular complexity index is 864. The fourth-order valence-electron chi connectivity index (χ4n) is 2.70. The lowest BCUT2D eigenvalue weighted by atomic mass is 10.1. The molecule has 4 heteroatoms. The van der Waals surface area contributed by atoms with Crippen molar-refractivity contribution in [2.45, 2.75) is 19.1 Å². The first kappa shape index (κ1) is 18.4. The fraction of sp³-hybridized carbons (Fsp3) is 0.130. The van der Waals surface area contributed by atoms with Crippen LogP contribution in [0.15, 0.2) is 91.0 Å². The molecule has 1 atom stereocenters. The zero-order chi connectivity index (χ0) is 18.9. The van der Waals surface area contributed by atoms with Crippen molar-refractivity contribution >= 4 is 11.9 Å². The molecule has 1 N–H and O–H groups in total. The zero-order valence-electron chi connectivity index (χ0n) is 14.9. The van der Waals surface area contributed by atoms with Crippen LogP contribution in [0.25, 0.3) is 0 Å². The van der Waals surface area contributed by atoms with Crippen molar-refractivity contribution in [3.05, 3.63) is 108 Å². The maximum absolute atomic E-state index is 12.7. The second-order valence-corrected chi connectivity index (χ2v) is 6.18. The van der Waals surface area contributed by atoms with E-state index in [-0.39, 0.29) is 12.5 Å². The van der Waals surface area contributed by atoms with Crippen LogP contribution < -0.4 is 5.32 Å². The zero-order valence-corrected chi connectivity index (χ0v) is 14.9. The first-order chi connectivity index (χ1) is 13.2. The van der Waals surface area contributed by atoms with E-state index in [1.807, 2.05) is 66.7 Å². The minimum absolute atomic E-state index is 0.173. The van der Waals surface area contributed by atoms with Gasteiger partial charge in [-0.15, -0.1) is 0 Å². The molecule has 0 bridgehead atoms. The van der Waals surface area contributed by atoms with Gasteiger partial charge in [0.2, 0.25) is 0 Å². The predicted molar refractivity (Wildman–Crippen MR) is 104 cm³/mol. The molecule has 0 aliphatic rings. The number of benzene rings is 3. The van der Waals surface area contributed by atoms with Gasteiger partial charge in [0.15, 0.2) is 0 Å². The van der Waals surface area contributed by atoms with Crippen molar-refractivity contribution in [1.82, 2.24) is 5.32 Å². The molecule has 3 aromatic rings. The van der Waals surface area contributed by atoms with E-state index in [1.165, 1.54) is 0 Å². The van der Waals surface area contributed by atoms with Crippen LogP contribution in [0.1, 0.15) is 21.5 Å². The molecular weight excluding hydrogens is 338 g/mol. The largest absolute Gasteiger partial charge is 0.459 e. The van der Waals surface area contributed by atoms with Gasteiger partial charge >= 0.3 is 5.97 Å². The number of carbonyl (C=O) groups is 2. The van der Waals surface area contributed by atoms with E-state index in [0.29, 0.717) is 12.0 Å². The van der Waals surface area contributed by atoms with Crippen LogP contribution in [0.2, 0.25) is 0 Å². The van der Waals surface area contributed by atoms with Gasteiger partial charge in [-0.05, 0) is 23.3 Å². The van der Waals surface area contributed by atoms with Gasteiger partial charge in [0.25, 0.3) is 5.91 Å². The highest BCUT2D eigenvalue weighted by atomic mass is 16.5. The highest BCUT2D eigenvalue weighted by Gasteiger charge is 2.23. The lowest BCUT2D eigenvalue weighted by Gasteiger charge is -2.18. The summed E-state index contributed by atoms with van der Waals surface area (Å²) >= 11 is 0. The molecule has 0 aromatic heterocycles. The SMILES string of the molecule is O=C(NC(Cc1ccccc1)C(=O)OCc1ccccc1)c1ccccc1. The molecule has 0 aliphatic carbocycles. The van der Waals surface area contributed by atoms with Gasteiger partial charge in [0, 0.05) is 12.0 Å². The highest BCUT2D eigenvalue weighted by molar-refractivity contribution is 5.96. The third-order valence-electron chi connectivity index (χ3n) is 4.13. The minimum atomic E-state index is -0.760. The van der Waals surface area contributed by atoms with Crippen molar-refractivity contribution < 1.29 is 14.3 Å². The molecule has 3 aromatic carbocycles. The molecule has 0 aliphatic heterocycles. The number of amides is 1. The third-order valence-corrected chi connectivity index (χ3v) is 4.13. The number of hydrogen-bond donors (Lipinski definition) is 1. The molecule has 3 rings (SSSR count). The van der Waals surface area contributed by atoms with Gasteiger partial charge in [-0.25, -0.2) is 4.79 Å². The molecule has 0 radical (unpaired) electrons. The summed E-state index contributed by atoms with van der Waals surface area (Å²) in [4.78, 5) is 25.2. The maximum Gasteiger partial charge on any atom is 0.329 e. The van der Waals surface area contributed by atoms with E-state index < -0.39 is 12.0 Å². The van der Waals surface area contributed by atoms with Gasteiger partial charge in [-0.2, -0.15) is 0 Å². The van der Waals surface area contributed by atoms with Crippen LogP contribution in [0, 0.1) is 0 Å². The lowest BCUT2D eigenvalue weighted by Crippen LogP contribution is -2.43. The highest BCUT2D eigenvalue weighted by Crippen LogP contribution is 2.09. The average Bonchev–Trinajstić information content (AvgIpc) is 2.73. The second kappa shape index (κ2) is 9.34. The van der Waals surface area contributed by atoms with Crippen LogP contribution in [-0.2, 0) is 22.6 Å². The normalized spacial score (nSPS) is 11.4. The third kappa shape index (κ3) is 5.54. The van der Waals surface area contributed by atoms with E-state index >= 15 is 0 Å². The number of esters is 1. The standard InChI is InChI=1S/C23H21NO3/c25-22(20-14-8-3-9-15-20)24-21(16-18-10-4-1-5-11-18)23(26)27-17-19-12-6-2-7-13-19/h1-15,21H,16-17H2,(H,24,25). The van der Waals surface area contributed by atoms with Gasteiger partial charge in [0.1, 0.15) is 12.6 Å². The summed E-state index contributed by atoms with van der Waals surface area (Å²) in [5.41, 5.74) is 2.36. The Kier molecular flexibility index (Phi) is 6.36. The summed E-state index contributed by atoms with van der Waals surface area (Å²) in [5.74, 6) is -0.750. The predicted octanol–water partition coefficient (Wildman–Crippen LogP) is 3.77. The fourth-order valence-corrected chi connectivity index (χ4v) is 2.70. The number of nitrogens with one attached hydrogen (secondary N) is 1. The summed E-state index contributed by atoms with van der Waals surface area (Å²) in [7, 11) is 0. The molecule has 1 amide bonds. The van der Waals surface area contributed by atoms with Crippen molar-refractivity contribution in [1.29, 1.82) is 0 Å². The Labute approximate surface area is 158 Å². The smallest absolute Gasteiger partial charge is 0.329 e. The summed E-state index contributed by atoms with van der Waals surface area (Å²) in [6.45, 7) is 0.173. The number of hydrogen-bond acceptors (Lipinski definition) is 3. The molecule has 27 heavy (non-hydrogen) atoms. The van der Waals surface area contributed by atoms with E-state index in [0.717, 1.165) is 11.1 Å². The number of ether oxygens (including phenoxy) is 1. The Balaban J connectivity index is 1.70. The minimum Gasteiger partial charge on any atom is -0.459 e. The van der Waals surface area contributed by atoms with Crippen molar-refractivity contribution in [3.63, 3.8) is 0 Å². The Hall–Kier alpha value is -3.40. The van der Waals surface area contributed by atoms with E-state index in [9.17, 15) is 9.59 Å². The van der Waals surface area contributed by atoms with Crippen LogP contribution in [0.4, 0.5) is 0 Å². The first-order valence-electron chi connectivity index (χ1n) is 8.83. The summed E-state index contributed by atoms with van der Waals surface area (Å²) in [5, 5.41) is 2.80. The molecule has 0 saturated heterocycles. The summed E-state index contributed by atoms with van der Waals surface area (Å²) in [6.07, 6.45) is 0.368. The monoisotopic (exact) mass is 359 g/mol. The second-order valence-electron chi connectivity index (χ2n) is 6.18. The maximum atomic E-state index is 12.7. The number of rotatable bonds is 7. The van der Waals surface area contributed by atoms with Crippen LogP contribution in [0.3, 0.4) is 0 Å². The first-order valence-corrected chi connectivity index (χ1v) is 8.83. The van der Waals surface area contributed by atoms with E-state index in [1.54, 1.807) is 24.3 Å². The van der Waals surface area contributed by atoms with E-state index in [2.05, 4.69) is 5.32 Å². The Morgan fingerprint density at radius 3 is 1.85 bits per heavy atom. The Morgan fingerprint density at radius 2 is 1.26 bits per heavy atom. The molecule has 0 heterocycles. The van der Waals surface area contributed by atoms with Crippen LogP contribution >= 0.6 is 0 Å². The van der Waals surface area contributed by atoms with Gasteiger partial charge in [-0.3, -0.25) is 4.79 Å². The molecule has 0 spiro atoms. The van der Waals surface area contributed by atoms with Crippen LogP contribution in [-0.4, -0.2) is 17.9 Å². The molecule has 136 valence electrons. The Morgan fingerprint density at radius 1 is 0.741 bits per heavy atom. The summed E-state index contributed by atoms with van der Waals surface area (Å²) in [6, 6.07) is 27.1. The summed E-state index contributed by atoms with van der Waals surface area (Å²) < 4.78 is 5.45. The van der Waals surface area contributed by atoms with Gasteiger partial charge in [-0.1, -0.05) is 78.9 Å². The van der Waals surface area contributed by atoms with E-state index in [4.69, 9.17) is 4.74 Å². The van der Waals surface area contributed by atoms with Gasteiger partial charge < -0.3 is 10.1 Å². The van der Waals surface area contributed by atoms with Gasteiger partial charge in [0.05, 0.1) is 0 Å². The van der Waals surface area contributed by atoms with Crippen molar-refractivity contribution in [3.8, 4) is 0 Å². The molecule has 0 saturated carbocycles. The quantitative estimate of drug-likeness (QED) is 0.653. The topological polar surface area (TPSA) is 55.4 Å². The number of carbonyl (C=O) groups excluding carboxylic acids is 2. The molecule has 1 unspecified atom stereocenters. The van der Waals surface area contributed by atoms with Crippen molar-refractivity contribution in [2.24, 2.45) is 0 Å². The van der Waals surface area contributed by atoms with Crippen LogP contribution in [0.5, 0.6) is 0 Å². The average molecular weight is 359 g/mol. The molecule has 4 nitrogen and oxygen atoms in total. The molecule has 0 fully saturated rings. The van der Waals surface area contributed by atoms with Crippen molar-refractivity contribution in [2.75, 3.05) is 0 Å². The molecular formula is C23H21NO3. The lowest BCUT2D eigenvalue weighted by molar-refractivity contribution is -0.147.